The minimum Gasteiger partial charge on any atom is -0.362 e. The van der Waals surface area contributed by atoms with Crippen molar-refractivity contribution in [1.82, 2.24) is 5.32 Å². The van der Waals surface area contributed by atoms with Gasteiger partial charge in [-0.25, -0.2) is 12.8 Å². The van der Waals surface area contributed by atoms with Crippen LogP contribution in [0.3, 0.4) is 0 Å². The van der Waals surface area contributed by atoms with Crippen LogP contribution in [0.2, 0.25) is 0 Å². The summed E-state index contributed by atoms with van der Waals surface area (Å²) in [6, 6.07) is 3.02. The van der Waals surface area contributed by atoms with Crippen molar-refractivity contribution in [1.29, 1.82) is 5.41 Å². The Labute approximate surface area is 145 Å². The fraction of sp³-hybridized carbons (Fsp3) is 0.562. The van der Waals surface area contributed by atoms with Gasteiger partial charge in [0.25, 0.3) is 5.69 Å². The lowest BCUT2D eigenvalue weighted by Gasteiger charge is -2.50. The van der Waals surface area contributed by atoms with Crippen molar-refractivity contribution in [3.8, 4) is 0 Å². The second kappa shape index (κ2) is 5.48. The third-order valence-corrected chi connectivity index (χ3v) is 8.45. The van der Waals surface area contributed by atoms with E-state index in [2.05, 4.69) is 5.32 Å². The number of nitrogens with one attached hydrogen (secondary N) is 2. The van der Waals surface area contributed by atoms with Crippen LogP contribution in [0.25, 0.3) is 0 Å². The zero-order valence-corrected chi connectivity index (χ0v) is 14.8. The Balaban J connectivity index is 2.07. The molecule has 136 valence electrons. The summed E-state index contributed by atoms with van der Waals surface area (Å²) in [5.41, 5.74) is -1.88. The highest BCUT2D eigenvalue weighted by Crippen LogP contribution is 2.46. The van der Waals surface area contributed by atoms with Gasteiger partial charge in [-0.15, -0.1) is 0 Å². The number of nitrogens with zero attached hydrogens (tertiary/aromatic N) is 1. The van der Waals surface area contributed by atoms with Crippen LogP contribution in [0.1, 0.15) is 38.7 Å². The second-order valence-corrected chi connectivity index (χ2v) is 9.61. The summed E-state index contributed by atoms with van der Waals surface area (Å²) in [6.07, 6.45) is 2.41. The summed E-state index contributed by atoms with van der Waals surface area (Å²) in [6.45, 7) is 3.01. The van der Waals surface area contributed by atoms with Gasteiger partial charge >= 0.3 is 0 Å². The first-order chi connectivity index (χ1) is 11.5. The molecule has 1 aliphatic heterocycles. The van der Waals surface area contributed by atoms with Crippen LogP contribution in [-0.2, 0) is 15.4 Å². The van der Waals surface area contributed by atoms with Gasteiger partial charge in [0.1, 0.15) is 16.4 Å². The molecule has 1 aromatic rings. The molecule has 0 unspecified atom stereocenters. The Kier molecular flexibility index (Phi) is 3.90. The molecule has 0 radical (unpaired) electrons. The van der Waals surface area contributed by atoms with Crippen LogP contribution in [0, 0.1) is 27.3 Å². The summed E-state index contributed by atoms with van der Waals surface area (Å²) in [7, 11) is -3.76. The zero-order valence-electron chi connectivity index (χ0n) is 14.0. The van der Waals surface area contributed by atoms with E-state index < -0.39 is 36.6 Å². The molecule has 3 rings (SSSR count). The number of sulfone groups is 1. The quantitative estimate of drug-likeness (QED) is 0.628. The number of hydrogen-bond donors (Lipinski definition) is 2. The normalized spacial score (nSPS) is 31.9. The highest BCUT2D eigenvalue weighted by atomic mass is 32.2. The molecule has 0 bridgehead atoms. The van der Waals surface area contributed by atoms with Crippen molar-refractivity contribution in [3.63, 3.8) is 0 Å². The molecule has 1 aliphatic carbocycles. The van der Waals surface area contributed by atoms with Crippen LogP contribution < -0.4 is 5.32 Å². The van der Waals surface area contributed by atoms with Crippen molar-refractivity contribution in [3.05, 3.63) is 39.7 Å². The van der Waals surface area contributed by atoms with Gasteiger partial charge in [0.2, 0.25) is 0 Å². The van der Waals surface area contributed by atoms with Gasteiger partial charge < -0.3 is 5.32 Å². The molecule has 2 atom stereocenters. The second-order valence-electron chi connectivity index (χ2n) is 7.25. The van der Waals surface area contributed by atoms with E-state index >= 15 is 0 Å². The molecule has 1 aromatic carbocycles. The minimum atomic E-state index is -3.76. The SMILES string of the molecule is C[C@@]1(c2cc([N+](=O)[O-])ccc2F)CS(=O)(=O)[C@@](C)(C2CCC2)C(=N)N1. The first-order valence-electron chi connectivity index (χ1n) is 8.05. The third kappa shape index (κ3) is 2.52. The highest BCUT2D eigenvalue weighted by molar-refractivity contribution is 7.93. The van der Waals surface area contributed by atoms with E-state index in [4.69, 9.17) is 5.41 Å². The number of non-ortho nitro benzene ring substituents is 1. The molecule has 0 aromatic heterocycles. The van der Waals surface area contributed by atoms with Crippen molar-refractivity contribution >= 4 is 21.4 Å². The molecule has 9 heteroatoms. The number of nitro benzene ring substituents is 1. The maximum atomic E-state index is 14.3. The Morgan fingerprint density at radius 1 is 1.36 bits per heavy atom. The average Bonchev–Trinajstić information content (AvgIpc) is 2.42. The molecule has 1 saturated carbocycles. The first-order valence-corrected chi connectivity index (χ1v) is 9.70. The zero-order chi connectivity index (χ0) is 18.6. The van der Waals surface area contributed by atoms with Crippen molar-refractivity contribution in [2.75, 3.05) is 5.75 Å². The van der Waals surface area contributed by atoms with E-state index in [9.17, 15) is 22.9 Å². The van der Waals surface area contributed by atoms with Crippen LogP contribution in [0.5, 0.6) is 0 Å². The smallest absolute Gasteiger partial charge is 0.269 e. The van der Waals surface area contributed by atoms with Gasteiger partial charge in [-0.3, -0.25) is 15.5 Å². The van der Waals surface area contributed by atoms with E-state index in [1.165, 1.54) is 6.92 Å². The van der Waals surface area contributed by atoms with Crippen molar-refractivity contribution in [2.24, 2.45) is 5.92 Å². The summed E-state index contributed by atoms with van der Waals surface area (Å²) in [4.78, 5) is 10.3. The fourth-order valence-corrected chi connectivity index (χ4v) is 6.13. The molecular formula is C16H20FN3O4S. The van der Waals surface area contributed by atoms with Gasteiger partial charge in [0.15, 0.2) is 9.84 Å². The molecule has 2 fully saturated rings. The molecular weight excluding hydrogens is 349 g/mol. The Hall–Kier alpha value is -2.03. The predicted molar refractivity (Wildman–Crippen MR) is 90.8 cm³/mol. The Morgan fingerprint density at radius 3 is 2.48 bits per heavy atom. The highest BCUT2D eigenvalue weighted by Gasteiger charge is 2.58. The van der Waals surface area contributed by atoms with E-state index in [-0.39, 0.29) is 23.0 Å². The van der Waals surface area contributed by atoms with Crippen LogP contribution in [0.15, 0.2) is 18.2 Å². The van der Waals surface area contributed by atoms with Crippen molar-refractivity contribution in [2.45, 2.75) is 43.4 Å². The van der Waals surface area contributed by atoms with Crippen LogP contribution in [0.4, 0.5) is 10.1 Å². The van der Waals surface area contributed by atoms with E-state index in [0.717, 1.165) is 37.5 Å². The lowest BCUT2D eigenvalue weighted by Crippen LogP contribution is -2.68. The van der Waals surface area contributed by atoms with Gasteiger partial charge in [-0.05, 0) is 38.7 Å². The standard InChI is InChI=1S/C16H20FN3O4S/c1-15(12-8-11(20(21)22)6-7-13(12)17)9-25(23,24)16(2,14(18)19-15)10-4-3-5-10/h6-8,10H,3-5,9H2,1-2H3,(H2,18,19)/t15-,16-/m0/s1. The molecule has 25 heavy (non-hydrogen) atoms. The van der Waals surface area contributed by atoms with Crippen LogP contribution in [-0.4, -0.2) is 29.7 Å². The monoisotopic (exact) mass is 369 g/mol. The maximum Gasteiger partial charge on any atom is 0.269 e. The Morgan fingerprint density at radius 2 is 2.00 bits per heavy atom. The molecule has 2 N–H and O–H groups in total. The van der Waals surface area contributed by atoms with Gasteiger partial charge in [0, 0.05) is 17.7 Å². The molecule has 1 heterocycles. The molecule has 1 saturated heterocycles. The fourth-order valence-electron chi connectivity index (χ4n) is 3.73. The molecule has 2 aliphatic rings. The van der Waals surface area contributed by atoms with E-state index in [1.54, 1.807) is 6.92 Å². The number of halogens is 1. The number of nitro groups is 1. The summed E-state index contributed by atoms with van der Waals surface area (Å²) < 4.78 is 39.1. The molecule has 7 nitrogen and oxygen atoms in total. The summed E-state index contributed by atoms with van der Waals surface area (Å²) in [5.74, 6) is -1.46. The third-order valence-electron chi connectivity index (χ3n) is 5.66. The van der Waals surface area contributed by atoms with Crippen LogP contribution >= 0.6 is 0 Å². The van der Waals surface area contributed by atoms with Crippen molar-refractivity contribution < 1.29 is 17.7 Å². The van der Waals surface area contributed by atoms with Gasteiger partial charge in [-0.2, -0.15) is 0 Å². The molecule has 0 spiro atoms. The minimum absolute atomic E-state index is 0.120. The lowest BCUT2D eigenvalue weighted by atomic mass is 9.74. The Bertz CT molecular complexity index is 868. The average molecular weight is 369 g/mol. The maximum absolute atomic E-state index is 14.3. The largest absolute Gasteiger partial charge is 0.362 e. The summed E-state index contributed by atoms with van der Waals surface area (Å²) in [5, 5.41) is 22.2. The first kappa shape index (κ1) is 17.8. The van der Waals surface area contributed by atoms with Gasteiger partial charge in [0.05, 0.1) is 16.2 Å². The molecule has 0 amide bonds. The van der Waals surface area contributed by atoms with E-state index in [1.807, 2.05) is 0 Å². The number of amidine groups is 1. The number of rotatable bonds is 3. The lowest BCUT2D eigenvalue weighted by molar-refractivity contribution is -0.385. The predicted octanol–water partition coefficient (Wildman–Crippen LogP) is 2.50. The topological polar surface area (TPSA) is 113 Å². The summed E-state index contributed by atoms with van der Waals surface area (Å²) >= 11 is 0. The number of benzene rings is 1. The number of hydrogen-bond acceptors (Lipinski definition) is 5. The van der Waals surface area contributed by atoms with E-state index in [0.29, 0.717) is 0 Å². The van der Waals surface area contributed by atoms with Gasteiger partial charge in [-0.1, -0.05) is 6.42 Å².